The van der Waals surface area contributed by atoms with Crippen molar-refractivity contribution in [3.63, 3.8) is 0 Å². The molecule has 0 aliphatic carbocycles. The lowest BCUT2D eigenvalue weighted by Gasteiger charge is -2.04. The van der Waals surface area contributed by atoms with Gasteiger partial charge in [-0.15, -0.1) is 0 Å². The Labute approximate surface area is 110 Å². The number of hydrogen-bond acceptors (Lipinski definition) is 3. The fourth-order valence-corrected chi connectivity index (χ4v) is 0.609. The summed E-state index contributed by atoms with van der Waals surface area (Å²) in [5.41, 5.74) is 0.212. The monoisotopic (exact) mass is 265 g/mol. The Morgan fingerprint density at radius 2 is 1.44 bits per heavy atom. The predicted molar refractivity (Wildman–Crippen MR) is 76.5 cm³/mol. The molecule has 5 heteroatoms. The van der Waals surface area contributed by atoms with Gasteiger partial charge < -0.3 is 16.1 Å². The molecule has 0 aliphatic heterocycles. The standard InChI is InChI=1S/C6H14N2.C5H9F2N.C2H6/c1-5(2)8-4-6(3)7;1-3(2)4(8)5(6)7;1-2/h5,7-8H,4H2,1-3H3;3,5,8H,1-2H3;1-2H3. The van der Waals surface area contributed by atoms with Crippen molar-refractivity contribution in [3.8, 4) is 0 Å². The van der Waals surface area contributed by atoms with Gasteiger partial charge in [0, 0.05) is 18.3 Å². The second-order valence-corrected chi connectivity index (χ2v) is 4.23. The zero-order valence-corrected chi connectivity index (χ0v) is 12.7. The molecule has 0 aliphatic rings. The highest BCUT2D eigenvalue weighted by Crippen LogP contribution is 2.03. The molecular weight excluding hydrogens is 236 g/mol. The first-order chi connectivity index (χ1) is 8.18. The lowest BCUT2D eigenvalue weighted by Crippen LogP contribution is -2.27. The predicted octanol–water partition coefficient (Wildman–Crippen LogP) is 3.98. The highest BCUT2D eigenvalue weighted by Gasteiger charge is 2.13. The van der Waals surface area contributed by atoms with E-state index in [-0.39, 0.29) is 5.92 Å². The molecule has 0 aromatic rings. The summed E-state index contributed by atoms with van der Waals surface area (Å²) in [7, 11) is 0. The van der Waals surface area contributed by atoms with Crippen LogP contribution >= 0.6 is 0 Å². The first-order valence-corrected chi connectivity index (χ1v) is 6.32. The highest BCUT2D eigenvalue weighted by atomic mass is 19.3. The van der Waals surface area contributed by atoms with Gasteiger partial charge in [-0.25, -0.2) is 8.78 Å². The summed E-state index contributed by atoms with van der Waals surface area (Å²) in [6, 6.07) is 0.496. The van der Waals surface area contributed by atoms with Crippen LogP contribution in [0.1, 0.15) is 48.5 Å². The maximum absolute atomic E-state index is 11.5. The van der Waals surface area contributed by atoms with Crippen LogP contribution in [0.5, 0.6) is 0 Å². The second-order valence-electron chi connectivity index (χ2n) is 4.23. The van der Waals surface area contributed by atoms with Crippen molar-refractivity contribution in [2.24, 2.45) is 5.92 Å². The van der Waals surface area contributed by atoms with Gasteiger partial charge in [0.2, 0.25) is 0 Å². The molecule has 0 atom stereocenters. The van der Waals surface area contributed by atoms with Crippen LogP contribution in [-0.2, 0) is 0 Å². The van der Waals surface area contributed by atoms with Gasteiger partial charge in [0.15, 0.2) is 0 Å². The molecule has 0 aromatic heterocycles. The highest BCUT2D eigenvalue weighted by molar-refractivity contribution is 5.86. The molecule has 18 heavy (non-hydrogen) atoms. The van der Waals surface area contributed by atoms with Crippen LogP contribution in [-0.4, -0.2) is 30.4 Å². The van der Waals surface area contributed by atoms with Crippen molar-refractivity contribution in [1.29, 1.82) is 10.8 Å². The summed E-state index contributed by atoms with van der Waals surface area (Å²) >= 11 is 0. The van der Waals surface area contributed by atoms with Crippen LogP contribution in [0.25, 0.3) is 0 Å². The Kier molecular flexibility index (Phi) is 17.7. The number of hydrogen-bond donors (Lipinski definition) is 3. The zero-order valence-electron chi connectivity index (χ0n) is 12.7. The largest absolute Gasteiger partial charge is 0.309 e. The molecule has 0 aromatic carbocycles. The Balaban J connectivity index is -0.000000219. The molecule has 0 unspecified atom stereocenters. The van der Waals surface area contributed by atoms with Gasteiger partial charge in [-0.1, -0.05) is 41.5 Å². The molecule has 0 fully saturated rings. The minimum Gasteiger partial charge on any atom is -0.309 e. The lowest BCUT2D eigenvalue weighted by atomic mass is 10.1. The van der Waals surface area contributed by atoms with Crippen LogP contribution in [0.15, 0.2) is 0 Å². The Bertz CT molecular complexity index is 204. The molecule has 0 bridgehead atoms. The Morgan fingerprint density at radius 1 is 1.06 bits per heavy atom. The quantitative estimate of drug-likeness (QED) is 0.647. The SMILES string of the molecule is CC.CC(=N)CNC(C)C.CC(C)C(=N)C(F)F. The van der Waals surface area contributed by atoms with Gasteiger partial charge in [0.05, 0.1) is 5.71 Å². The smallest absolute Gasteiger partial charge is 0.276 e. The molecule has 0 saturated carbocycles. The van der Waals surface area contributed by atoms with E-state index >= 15 is 0 Å². The maximum atomic E-state index is 11.5. The molecule has 0 spiro atoms. The molecule has 0 heterocycles. The van der Waals surface area contributed by atoms with E-state index in [0.29, 0.717) is 11.8 Å². The normalized spacial score (nSPS) is 9.56. The third-order valence-corrected chi connectivity index (χ3v) is 1.63. The average Bonchev–Trinajstić information content (AvgIpc) is 2.28. The third-order valence-electron chi connectivity index (χ3n) is 1.63. The van der Waals surface area contributed by atoms with Gasteiger partial charge in [-0.2, -0.15) is 0 Å². The Morgan fingerprint density at radius 3 is 1.50 bits per heavy atom. The average molecular weight is 265 g/mol. The number of alkyl halides is 2. The van der Waals surface area contributed by atoms with E-state index in [2.05, 4.69) is 19.2 Å². The van der Waals surface area contributed by atoms with E-state index in [1.807, 2.05) is 13.8 Å². The van der Waals surface area contributed by atoms with Gasteiger partial charge in [0.1, 0.15) is 0 Å². The topological polar surface area (TPSA) is 59.7 Å². The fourth-order valence-electron chi connectivity index (χ4n) is 0.609. The third kappa shape index (κ3) is 20.6. The Hall–Kier alpha value is -0.840. The van der Waals surface area contributed by atoms with Gasteiger partial charge in [-0.05, 0) is 12.8 Å². The number of nitrogens with one attached hydrogen (secondary N) is 3. The maximum Gasteiger partial charge on any atom is 0.276 e. The van der Waals surface area contributed by atoms with Crippen LogP contribution in [0.2, 0.25) is 0 Å². The zero-order chi connectivity index (χ0) is 15.3. The minimum atomic E-state index is -2.57. The molecule has 0 saturated heterocycles. The van der Waals surface area contributed by atoms with Gasteiger partial charge in [-0.3, -0.25) is 0 Å². The molecule has 3 N–H and O–H groups in total. The van der Waals surface area contributed by atoms with E-state index in [4.69, 9.17) is 10.8 Å². The van der Waals surface area contributed by atoms with Crippen molar-refractivity contribution in [3.05, 3.63) is 0 Å². The second kappa shape index (κ2) is 14.2. The van der Waals surface area contributed by atoms with Crippen LogP contribution < -0.4 is 5.32 Å². The molecule has 3 nitrogen and oxygen atoms in total. The summed E-state index contributed by atoms with van der Waals surface area (Å²) in [6.07, 6.45) is -2.57. The molecule has 0 amide bonds. The van der Waals surface area contributed by atoms with Crippen molar-refractivity contribution in [1.82, 2.24) is 5.32 Å². The van der Waals surface area contributed by atoms with Gasteiger partial charge >= 0.3 is 0 Å². The van der Waals surface area contributed by atoms with Gasteiger partial charge in [0.25, 0.3) is 6.43 Å². The van der Waals surface area contributed by atoms with Crippen LogP contribution in [0.3, 0.4) is 0 Å². The van der Waals surface area contributed by atoms with Crippen LogP contribution in [0, 0.1) is 16.7 Å². The van der Waals surface area contributed by atoms with Crippen molar-refractivity contribution in [2.75, 3.05) is 6.54 Å². The van der Waals surface area contributed by atoms with Crippen molar-refractivity contribution in [2.45, 2.75) is 60.9 Å². The summed E-state index contributed by atoms with van der Waals surface area (Å²) in [6.45, 7) is 13.8. The molecular formula is C13H29F2N3. The number of halogens is 2. The van der Waals surface area contributed by atoms with Crippen molar-refractivity contribution >= 4 is 11.4 Å². The molecule has 0 radical (unpaired) electrons. The summed E-state index contributed by atoms with van der Waals surface area (Å²) in [5, 5.41) is 16.8. The molecule has 0 rings (SSSR count). The van der Waals surface area contributed by atoms with E-state index in [0.717, 1.165) is 6.54 Å². The number of rotatable bonds is 5. The lowest BCUT2D eigenvalue weighted by molar-refractivity contribution is 0.218. The van der Waals surface area contributed by atoms with E-state index in [1.165, 1.54) is 0 Å². The fraction of sp³-hybridized carbons (Fsp3) is 0.846. The minimum absolute atomic E-state index is 0.324. The van der Waals surface area contributed by atoms with E-state index in [9.17, 15) is 8.78 Å². The first-order valence-electron chi connectivity index (χ1n) is 6.32. The summed E-state index contributed by atoms with van der Waals surface area (Å²) in [4.78, 5) is 0. The van der Waals surface area contributed by atoms with E-state index < -0.39 is 12.1 Å². The summed E-state index contributed by atoms with van der Waals surface area (Å²) in [5.74, 6) is -0.324. The summed E-state index contributed by atoms with van der Waals surface area (Å²) < 4.78 is 22.9. The first kappa shape index (κ1) is 22.3. The molecule has 110 valence electrons. The van der Waals surface area contributed by atoms with E-state index in [1.54, 1.807) is 20.8 Å². The van der Waals surface area contributed by atoms with Crippen molar-refractivity contribution < 1.29 is 8.78 Å². The van der Waals surface area contributed by atoms with Crippen LogP contribution in [0.4, 0.5) is 8.78 Å².